The number of hydrogen-bond donors (Lipinski definition) is 9. The standard InChI is InChI=1S/C61H56FN3O15/c62-37-14-9-34(10-15-37)48(68)26-25-45-54(35-11-20-41(21-12-35)79-51-32-47(61(77)78)55(70)57(72)56(51)71)65(59(45)74)38-16-7-33(8-17-38)5-4-28-63-52(69)6-2-1-3-27-64-58(73)36-13-22-42(46(29-36)60(75)76)53-43-23-18-39(66)30-49(43)80-50-31-40(67)19-24-44(50)53/h7-24,29-31,45,47-48,51,54-57,66,68,70-72H,1-3,6,25-28,32H2,(H,63,69)(H,64,73)(H,75,76)(H,77,78). The molecular weight excluding hydrogens is 1030 g/mol. The second-order valence-corrected chi connectivity index (χ2v) is 19.9. The van der Waals surface area contributed by atoms with E-state index in [4.69, 9.17) is 9.15 Å². The molecule has 8 unspecified atom stereocenters. The summed E-state index contributed by atoms with van der Waals surface area (Å²) in [4.78, 5) is 77.8. The molecule has 2 fully saturated rings. The van der Waals surface area contributed by atoms with Crippen LogP contribution in [0.1, 0.15) is 94.5 Å². The van der Waals surface area contributed by atoms with E-state index in [2.05, 4.69) is 22.5 Å². The van der Waals surface area contributed by atoms with E-state index < -0.39 is 72.1 Å². The number of anilines is 1. The monoisotopic (exact) mass is 1090 g/mol. The molecule has 9 N–H and O–H groups in total. The largest absolute Gasteiger partial charge is 0.508 e. The number of aliphatic hydroxyl groups is 4. The highest BCUT2D eigenvalue weighted by molar-refractivity contribution is 6.09. The fraction of sp³-hybridized carbons (Fsp3) is 0.279. The average molecular weight is 1090 g/mol. The molecule has 0 bridgehead atoms. The van der Waals surface area contributed by atoms with Gasteiger partial charge in [-0.1, -0.05) is 48.6 Å². The Kier molecular flexibility index (Phi) is 17.0. The second kappa shape index (κ2) is 24.4. The lowest BCUT2D eigenvalue weighted by Crippen LogP contribution is -2.57. The molecule has 0 spiro atoms. The van der Waals surface area contributed by atoms with Crippen LogP contribution in [0.3, 0.4) is 0 Å². The molecule has 3 amide bonds. The summed E-state index contributed by atoms with van der Waals surface area (Å²) in [6, 6.07) is 31.5. The number of fused-ring (bicyclic) bond motifs is 2. The van der Waals surface area contributed by atoms with Gasteiger partial charge in [-0.2, -0.15) is 0 Å². The third-order valence-corrected chi connectivity index (χ3v) is 14.6. The van der Waals surface area contributed by atoms with E-state index >= 15 is 0 Å². The molecule has 2 aliphatic heterocycles. The van der Waals surface area contributed by atoms with E-state index in [1.54, 1.807) is 65.6 Å². The summed E-state index contributed by atoms with van der Waals surface area (Å²) in [6.45, 7) is 0.348. The van der Waals surface area contributed by atoms with Crippen molar-refractivity contribution in [3.05, 3.63) is 171 Å². The Bertz CT molecular complexity index is 3540. The van der Waals surface area contributed by atoms with Crippen molar-refractivity contribution in [1.82, 2.24) is 10.6 Å². The molecular formula is C61H56FN3O15. The highest BCUT2D eigenvalue weighted by Crippen LogP contribution is 2.47. The van der Waals surface area contributed by atoms with Crippen LogP contribution >= 0.6 is 0 Å². The number of halogens is 1. The predicted octanol–water partition coefficient (Wildman–Crippen LogP) is 6.72. The van der Waals surface area contributed by atoms with Gasteiger partial charge in [0, 0.05) is 64.8 Å². The van der Waals surface area contributed by atoms with Gasteiger partial charge < -0.3 is 60.4 Å². The number of β-lactam (4-membered cyclic amide) rings is 1. The van der Waals surface area contributed by atoms with Crippen molar-refractivity contribution in [3.63, 3.8) is 0 Å². The summed E-state index contributed by atoms with van der Waals surface area (Å²) in [7, 11) is 0. The zero-order valence-corrected chi connectivity index (χ0v) is 42.8. The number of phenols is 1. The lowest BCUT2D eigenvalue weighted by molar-refractivity contribution is -0.174. The molecule has 2 heterocycles. The van der Waals surface area contributed by atoms with Crippen LogP contribution in [-0.4, -0.2) is 103 Å². The van der Waals surface area contributed by atoms with Gasteiger partial charge in [0.05, 0.1) is 42.2 Å². The number of hydrogen-bond acceptors (Lipinski definition) is 13. The Labute approximate surface area is 457 Å². The number of ether oxygens (including phenoxy) is 1. The van der Waals surface area contributed by atoms with E-state index in [1.807, 2.05) is 0 Å². The Hall–Kier alpha value is -8.93. The summed E-state index contributed by atoms with van der Waals surface area (Å²) < 4.78 is 25.4. The van der Waals surface area contributed by atoms with Crippen molar-refractivity contribution in [2.75, 3.05) is 18.0 Å². The van der Waals surface area contributed by atoms with Gasteiger partial charge >= 0.3 is 11.9 Å². The number of phenolic OH excluding ortho intramolecular Hbond substituents is 1. The highest BCUT2D eigenvalue weighted by Gasteiger charge is 2.49. The van der Waals surface area contributed by atoms with E-state index in [0.717, 1.165) is 0 Å². The van der Waals surface area contributed by atoms with Crippen LogP contribution in [0.5, 0.6) is 11.5 Å². The van der Waals surface area contributed by atoms with Crippen molar-refractivity contribution in [1.29, 1.82) is 0 Å². The number of aliphatic hydroxyl groups excluding tert-OH is 4. The average Bonchev–Trinajstić information content (AvgIpc) is 3.48. The third kappa shape index (κ3) is 12.3. The zero-order chi connectivity index (χ0) is 56.8. The summed E-state index contributed by atoms with van der Waals surface area (Å²) in [6.07, 6.45) is -4.88. The molecule has 0 aromatic heterocycles. The number of carbonyl (C=O) groups excluding carboxylic acids is 3. The maximum atomic E-state index is 13.9. The maximum absolute atomic E-state index is 13.9. The minimum atomic E-state index is -1.74. The van der Waals surface area contributed by atoms with Crippen LogP contribution in [0.25, 0.3) is 33.4 Å². The van der Waals surface area contributed by atoms with Crippen LogP contribution < -0.4 is 25.7 Å². The fourth-order valence-corrected chi connectivity index (χ4v) is 10.4. The van der Waals surface area contributed by atoms with Gasteiger partial charge in [-0.3, -0.25) is 24.0 Å². The van der Waals surface area contributed by atoms with Crippen LogP contribution in [0.15, 0.2) is 137 Å². The molecule has 5 aromatic rings. The molecule has 8 atom stereocenters. The SMILES string of the molecule is O=C(CCCCCNC(=O)c1ccc(-c2c3ccc(=O)cc-3oc3cc(O)ccc23)c(C(=O)O)c1)NCC#Cc1ccc(N2C(=O)C(CCC(O)c3ccc(F)cc3)C2c2ccc(OC3CC(C(=O)O)C(O)C(O)C3O)cc2)cc1. The van der Waals surface area contributed by atoms with Crippen LogP contribution in [-0.2, 0) is 14.4 Å². The topological polar surface area (TPSA) is 294 Å². The normalized spacial score (nSPS) is 20.0. The van der Waals surface area contributed by atoms with Crippen molar-refractivity contribution in [3.8, 4) is 45.8 Å². The summed E-state index contributed by atoms with van der Waals surface area (Å²) in [5.74, 6) is 0.454. The minimum absolute atomic E-state index is 0.0741. The number of carbonyl (C=O) groups is 5. The molecule has 1 saturated heterocycles. The van der Waals surface area contributed by atoms with Gasteiger partial charge in [0.1, 0.15) is 47.0 Å². The number of aliphatic carboxylic acids is 1. The number of benzene rings is 6. The van der Waals surface area contributed by atoms with E-state index in [9.17, 15) is 68.9 Å². The van der Waals surface area contributed by atoms with E-state index in [-0.39, 0.29) is 95.5 Å². The van der Waals surface area contributed by atoms with Crippen LogP contribution in [0.4, 0.5) is 10.1 Å². The summed E-state index contributed by atoms with van der Waals surface area (Å²) >= 11 is 0. The molecule has 1 saturated carbocycles. The van der Waals surface area contributed by atoms with Crippen molar-refractivity contribution in [2.45, 2.75) is 81.5 Å². The summed E-state index contributed by atoms with van der Waals surface area (Å²) in [5.41, 5.74) is 3.51. The zero-order valence-electron chi connectivity index (χ0n) is 42.8. The van der Waals surface area contributed by atoms with Gasteiger partial charge in [0.25, 0.3) is 5.91 Å². The predicted molar refractivity (Wildman–Crippen MR) is 289 cm³/mol. The number of unbranched alkanes of at least 4 members (excludes halogenated alkanes) is 2. The molecule has 2 aliphatic carbocycles. The maximum Gasteiger partial charge on any atom is 0.336 e. The third-order valence-electron chi connectivity index (χ3n) is 14.6. The number of carboxylic acid groups (broad SMARTS) is 2. The van der Waals surface area contributed by atoms with Gasteiger partial charge in [-0.05, 0) is 127 Å². The number of aromatic carboxylic acids is 1. The Morgan fingerprint density at radius 1 is 0.787 bits per heavy atom. The van der Waals surface area contributed by atoms with Gasteiger partial charge in [0.2, 0.25) is 11.8 Å². The summed E-state index contributed by atoms with van der Waals surface area (Å²) in [5, 5.41) is 78.0. The fourth-order valence-electron chi connectivity index (χ4n) is 10.4. The molecule has 412 valence electrons. The molecule has 18 nitrogen and oxygen atoms in total. The number of rotatable bonds is 19. The quantitative estimate of drug-likeness (QED) is 0.0176. The van der Waals surface area contributed by atoms with E-state index in [1.165, 1.54) is 66.7 Å². The first kappa shape index (κ1) is 55.8. The minimum Gasteiger partial charge on any atom is -0.508 e. The molecule has 80 heavy (non-hydrogen) atoms. The number of aromatic hydroxyl groups is 1. The van der Waals surface area contributed by atoms with Crippen molar-refractivity contribution >= 4 is 46.3 Å². The first-order valence-electron chi connectivity index (χ1n) is 26.0. The van der Waals surface area contributed by atoms with Crippen LogP contribution in [0, 0.1) is 29.5 Å². The Morgan fingerprint density at radius 3 is 2.25 bits per heavy atom. The molecule has 4 aliphatic rings. The lowest BCUT2D eigenvalue weighted by atomic mass is 9.78. The highest BCUT2D eigenvalue weighted by atomic mass is 19.1. The Morgan fingerprint density at radius 2 is 1.52 bits per heavy atom. The smallest absolute Gasteiger partial charge is 0.336 e. The first-order chi connectivity index (χ1) is 38.4. The van der Waals surface area contributed by atoms with Gasteiger partial charge in [0.15, 0.2) is 5.43 Å². The van der Waals surface area contributed by atoms with E-state index in [0.29, 0.717) is 58.2 Å². The van der Waals surface area contributed by atoms with Gasteiger partial charge in [-0.15, -0.1) is 0 Å². The number of carboxylic acids is 2. The second-order valence-electron chi connectivity index (χ2n) is 19.9. The van der Waals surface area contributed by atoms with Crippen LogP contribution in [0.2, 0.25) is 0 Å². The van der Waals surface area contributed by atoms with Crippen molar-refractivity contribution in [2.24, 2.45) is 11.8 Å². The number of amides is 3. The van der Waals surface area contributed by atoms with Gasteiger partial charge in [-0.25, -0.2) is 9.18 Å². The lowest BCUT2D eigenvalue weighted by Gasteiger charge is -2.48. The molecule has 19 heteroatoms. The molecule has 9 rings (SSSR count). The number of nitrogens with one attached hydrogen (secondary N) is 2. The number of nitrogens with zero attached hydrogens (tertiary/aromatic N) is 1. The molecule has 5 aromatic carbocycles. The Balaban J connectivity index is 0.758. The van der Waals surface area contributed by atoms with Crippen molar-refractivity contribution < 1.29 is 73.3 Å². The molecule has 0 radical (unpaired) electrons. The first-order valence-corrected chi connectivity index (χ1v) is 26.0.